The molecule has 0 aromatic heterocycles. The summed E-state index contributed by atoms with van der Waals surface area (Å²) in [6, 6.07) is 18.3. The first-order valence-electron chi connectivity index (χ1n) is 8.42. The zero-order valence-corrected chi connectivity index (χ0v) is 14.5. The van der Waals surface area contributed by atoms with Crippen LogP contribution in [-0.2, 0) is 4.79 Å². The van der Waals surface area contributed by atoms with Crippen molar-refractivity contribution in [3.8, 4) is 17.2 Å². The number of amides is 1. The second kappa shape index (κ2) is 8.86. The fourth-order valence-electron chi connectivity index (χ4n) is 2.66. The van der Waals surface area contributed by atoms with E-state index in [0.29, 0.717) is 0 Å². The average molecular weight is 336 g/mol. The molecule has 1 aliphatic heterocycles. The Hall–Kier alpha value is -2.84. The predicted octanol–water partition coefficient (Wildman–Crippen LogP) is 2.64. The number of nitriles is 1. The number of carbonyl (C=O) groups excluding carboxylic acids is 1. The predicted molar refractivity (Wildman–Crippen MR) is 101 cm³/mol. The zero-order chi connectivity index (χ0) is 18.2. The fraction of sp³-hybridized carbons (Fsp3) is 0.300. The molecule has 1 unspecified atom stereocenters. The van der Waals surface area contributed by atoms with Gasteiger partial charge in [0, 0.05) is 13.1 Å². The van der Waals surface area contributed by atoms with Crippen molar-refractivity contribution in [1.29, 1.82) is 5.26 Å². The van der Waals surface area contributed by atoms with Gasteiger partial charge in [0.1, 0.15) is 6.07 Å². The number of hydrogen-bond acceptors (Lipinski definition) is 4. The quantitative estimate of drug-likeness (QED) is 0.900. The van der Waals surface area contributed by atoms with E-state index in [1.807, 2.05) is 30.3 Å². The molecule has 5 heteroatoms. The van der Waals surface area contributed by atoms with Crippen LogP contribution in [0.25, 0.3) is 11.1 Å². The lowest BCUT2D eigenvalue weighted by atomic mass is 10.0. The molecule has 1 atom stereocenters. The van der Waals surface area contributed by atoms with Crippen LogP contribution in [0.15, 0.2) is 48.5 Å². The van der Waals surface area contributed by atoms with Crippen LogP contribution in [0, 0.1) is 11.3 Å². The summed E-state index contributed by atoms with van der Waals surface area (Å²) in [5, 5.41) is 9.26. The van der Waals surface area contributed by atoms with Gasteiger partial charge < -0.3 is 16.4 Å². The minimum atomic E-state index is -0.509. The fourth-order valence-corrected chi connectivity index (χ4v) is 2.66. The van der Waals surface area contributed by atoms with E-state index in [2.05, 4.69) is 34.9 Å². The van der Waals surface area contributed by atoms with Gasteiger partial charge in [0.05, 0.1) is 17.3 Å². The van der Waals surface area contributed by atoms with Gasteiger partial charge in [-0.25, -0.2) is 0 Å². The molecule has 3 rings (SSSR count). The van der Waals surface area contributed by atoms with Crippen molar-refractivity contribution >= 4 is 11.6 Å². The van der Waals surface area contributed by atoms with E-state index in [9.17, 15) is 10.1 Å². The van der Waals surface area contributed by atoms with Gasteiger partial charge in [-0.1, -0.05) is 36.4 Å². The summed E-state index contributed by atoms with van der Waals surface area (Å²) in [7, 11) is 0. The minimum Gasteiger partial charge on any atom is -0.370 e. The Bertz CT molecular complexity index is 744. The lowest BCUT2D eigenvalue weighted by Crippen LogP contribution is -2.32. The molecular formula is C20H24N4O. The number of hydrogen-bond donors (Lipinski definition) is 2. The summed E-state index contributed by atoms with van der Waals surface area (Å²) in [4.78, 5) is 12.1. The highest BCUT2D eigenvalue weighted by Crippen LogP contribution is 2.30. The molecule has 0 radical (unpaired) electrons. The molecule has 25 heavy (non-hydrogen) atoms. The van der Waals surface area contributed by atoms with Gasteiger partial charge in [-0.15, -0.1) is 0 Å². The molecular weight excluding hydrogens is 312 g/mol. The number of rotatable bonds is 3. The molecule has 1 heterocycles. The van der Waals surface area contributed by atoms with Crippen LogP contribution in [0.3, 0.4) is 0 Å². The van der Waals surface area contributed by atoms with Crippen molar-refractivity contribution < 1.29 is 4.79 Å². The standard InChI is InChI=1S/C17H16N2.C3H8N2O/c18-13-16-9-8-15(14-6-2-1-3-7-14)12-17(16)19-10-4-5-11-19;1-2(4)3(5)6/h1-3,6-9,12H,4-5,10-11H2;2H,4H2,1H3,(H2,5,6). The molecule has 1 fully saturated rings. The topological polar surface area (TPSA) is 96.1 Å². The van der Waals surface area contributed by atoms with Gasteiger partial charge in [-0.3, -0.25) is 4.79 Å². The Morgan fingerprint density at radius 2 is 1.72 bits per heavy atom. The number of nitrogens with zero attached hydrogens (tertiary/aromatic N) is 2. The molecule has 2 aromatic carbocycles. The molecule has 4 N–H and O–H groups in total. The SMILES string of the molecule is CC(N)C(N)=O.N#Cc1ccc(-c2ccccc2)cc1N1CCCC1. The number of anilines is 1. The van der Waals surface area contributed by atoms with Crippen molar-refractivity contribution in [2.75, 3.05) is 18.0 Å². The maximum atomic E-state index is 9.80. The smallest absolute Gasteiger partial charge is 0.234 e. The molecule has 5 nitrogen and oxygen atoms in total. The van der Waals surface area contributed by atoms with Gasteiger partial charge in [-0.2, -0.15) is 5.26 Å². The summed E-state index contributed by atoms with van der Waals surface area (Å²) in [5.74, 6) is -0.463. The third kappa shape index (κ3) is 5.07. The summed E-state index contributed by atoms with van der Waals surface area (Å²) in [6.07, 6.45) is 2.45. The van der Waals surface area contributed by atoms with E-state index in [0.717, 1.165) is 24.3 Å². The summed E-state index contributed by atoms with van der Waals surface area (Å²) < 4.78 is 0. The highest BCUT2D eigenvalue weighted by Gasteiger charge is 2.16. The Balaban J connectivity index is 0.000000326. The first-order chi connectivity index (χ1) is 12.0. The first kappa shape index (κ1) is 18.5. The summed E-state index contributed by atoms with van der Waals surface area (Å²) in [5.41, 5.74) is 13.9. The van der Waals surface area contributed by atoms with Crippen molar-refractivity contribution in [1.82, 2.24) is 0 Å². The van der Waals surface area contributed by atoms with E-state index in [4.69, 9.17) is 5.73 Å². The third-order valence-electron chi connectivity index (χ3n) is 4.12. The van der Waals surface area contributed by atoms with Gasteiger partial charge in [-0.05, 0) is 43.0 Å². The second-order valence-corrected chi connectivity index (χ2v) is 6.09. The van der Waals surface area contributed by atoms with Crippen LogP contribution in [0.4, 0.5) is 5.69 Å². The zero-order valence-electron chi connectivity index (χ0n) is 14.5. The lowest BCUT2D eigenvalue weighted by molar-refractivity contribution is -0.118. The number of primary amides is 1. The molecule has 1 aliphatic rings. The van der Waals surface area contributed by atoms with E-state index in [1.165, 1.54) is 24.0 Å². The van der Waals surface area contributed by atoms with Crippen LogP contribution in [0.2, 0.25) is 0 Å². The van der Waals surface area contributed by atoms with Crippen molar-refractivity contribution in [3.63, 3.8) is 0 Å². The molecule has 1 amide bonds. The summed E-state index contributed by atoms with van der Waals surface area (Å²) in [6.45, 7) is 3.67. The van der Waals surface area contributed by atoms with Gasteiger partial charge in [0.25, 0.3) is 0 Å². The largest absolute Gasteiger partial charge is 0.370 e. The molecule has 0 aliphatic carbocycles. The van der Waals surface area contributed by atoms with E-state index in [-0.39, 0.29) is 0 Å². The Morgan fingerprint density at radius 1 is 1.12 bits per heavy atom. The molecule has 0 spiro atoms. The number of carbonyl (C=O) groups is 1. The second-order valence-electron chi connectivity index (χ2n) is 6.09. The van der Waals surface area contributed by atoms with Gasteiger partial charge in [0.2, 0.25) is 5.91 Å². The number of nitrogens with two attached hydrogens (primary N) is 2. The summed E-state index contributed by atoms with van der Waals surface area (Å²) >= 11 is 0. The molecule has 2 aromatic rings. The molecule has 1 saturated heterocycles. The van der Waals surface area contributed by atoms with E-state index in [1.54, 1.807) is 6.92 Å². The van der Waals surface area contributed by atoms with Crippen molar-refractivity contribution in [3.05, 3.63) is 54.1 Å². The Morgan fingerprint density at radius 3 is 2.24 bits per heavy atom. The molecule has 130 valence electrons. The van der Waals surface area contributed by atoms with E-state index >= 15 is 0 Å². The normalized spacial score (nSPS) is 14.2. The maximum Gasteiger partial charge on any atom is 0.234 e. The lowest BCUT2D eigenvalue weighted by Gasteiger charge is -2.20. The average Bonchev–Trinajstić information content (AvgIpc) is 3.17. The van der Waals surface area contributed by atoms with E-state index < -0.39 is 11.9 Å². The highest BCUT2D eigenvalue weighted by molar-refractivity contribution is 5.78. The maximum absolute atomic E-state index is 9.80. The van der Waals surface area contributed by atoms with Crippen LogP contribution in [0.5, 0.6) is 0 Å². The molecule has 0 bridgehead atoms. The monoisotopic (exact) mass is 336 g/mol. The Kier molecular flexibility index (Phi) is 6.55. The van der Waals surface area contributed by atoms with Gasteiger partial charge >= 0.3 is 0 Å². The van der Waals surface area contributed by atoms with Crippen LogP contribution >= 0.6 is 0 Å². The third-order valence-corrected chi connectivity index (χ3v) is 4.12. The van der Waals surface area contributed by atoms with Crippen LogP contribution in [-0.4, -0.2) is 25.0 Å². The minimum absolute atomic E-state index is 0.463. The van der Waals surface area contributed by atoms with Gasteiger partial charge in [0.15, 0.2) is 0 Å². The first-order valence-corrected chi connectivity index (χ1v) is 8.42. The van der Waals surface area contributed by atoms with Crippen LogP contribution < -0.4 is 16.4 Å². The molecule has 0 saturated carbocycles. The number of benzene rings is 2. The van der Waals surface area contributed by atoms with Crippen LogP contribution in [0.1, 0.15) is 25.3 Å². The van der Waals surface area contributed by atoms with Crippen molar-refractivity contribution in [2.24, 2.45) is 11.5 Å². The Labute approximate surface area is 148 Å². The van der Waals surface area contributed by atoms with Crippen molar-refractivity contribution in [2.45, 2.75) is 25.8 Å². The highest BCUT2D eigenvalue weighted by atomic mass is 16.1.